The van der Waals surface area contributed by atoms with Crippen molar-refractivity contribution in [2.24, 2.45) is 0 Å². The topological polar surface area (TPSA) is 48.5 Å². The summed E-state index contributed by atoms with van der Waals surface area (Å²) in [5.74, 6) is -0.0282. The summed E-state index contributed by atoms with van der Waals surface area (Å²) < 4.78 is 39.3. The van der Waals surface area contributed by atoms with Crippen LogP contribution in [0.2, 0.25) is 0 Å². The number of nitrogens with zero attached hydrogens (tertiary/aromatic N) is 3. The van der Waals surface area contributed by atoms with E-state index in [1.807, 2.05) is 11.8 Å². The summed E-state index contributed by atoms with van der Waals surface area (Å²) in [5.41, 5.74) is -0.710. The third-order valence-electron chi connectivity index (χ3n) is 4.56. The quantitative estimate of drug-likeness (QED) is 0.908. The normalized spacial score (nSPS) is 20.8. The SMILES string of the molecule is C[C@H](C(=O)NC1CC1)N1CCN(c2ncccc2C(F)(F)F)CC1. The molecule has 0 radical (unpaired) electrons. The van der Waals surface area contributed by atoms with Crippen molar-refractivity contribution in [3.63, 3.8) is 0 Å². The van der Waals surface area contributed by atoms with Gasteiger partial charge in [0.15, 0.2) is 0 Å². The zero-order valence-electron chi connectivity index (χ0n) is 13.5. The summed E-state index contributed by atoms with van der Waals surface area (Å²) >= 11 is 0. The summed E-state index contributed by atoms with van der Waals surface area (Å²) in [6, 6.07) is 2.40. The van der Waals surface area contributed by atoms with Crippen molar-refractivity contribution in [3.8, 4) is 0 Å². The first-order valence-corrected chi connectivity index (χ1v) is 8.18. The fourth-order valence-electron chi connectivity index (χ4n) is 2.91. The lowest BCUT2D eigenvalue weighted by atomic mass is 10.2. The Morgan fingerprint density at radius 1 is 1.29 bits per heavy atom. The molecule has 2 heterocycles. The van der Waals surface area contributed by atoms with Crippen molar-refractivity contribution in [2.75, 3.05) is 31.1 Å². The highest BCUT2D eigenvalue weighted by atomic mass is 19.4. The first-order chi connectivity index (χ1) is 11.4. The van der Waals surface area contributed by atoms with Gasteiger partial charge >= 0.3 is 6.18 Å². The molecule has 1 aromatic heterocycles. The zero-order valence-corrected chi connectivity index (χ0v) is 13.5. The van der Waals surface area contributed by atoms with Crippen molar-refractivity contribution in [1.82, 2.24) is 15.2 Å². The van der Waals surface area contributed by atoms with E-state index >= 15 is 0 Å². The first kappa shape index (κ1) is 17.0. The molecule has 1 aliphatic heterocycles. The molecule has 0 aromatic carbocycles. The third kappa shape index (κ3) is 3.80. The van der Waals surface area contributed by atoms with E-state index in [0.29, 0.717) is 32.2 Å². The van der Waals surface area contributed by atoms with E-state index in [1.165, 1.54) is 12.3 Å². The minimum absolute atomic E-state index is 0.000216. The van der Waals surface area contributed by atoms with Gasteiger partial charge in [0, 0.05) is 38.4 Å². The number of rotatable bonds is 4. The molecule has 2 fully saturated rings. The number of halogens is 3. The number of aromatic nitrogens is 1. The maximum atomic E-state index is 13.1. The molecule has 1 amide bonds. The smallest absolute Gasteiger partial charge is 0.354 e. The molecule has 0 unspecified atom stereocenters. The number of anilines is 1. The number of hydrogen-bond donors (Lipinski definition) is 1. The summed E-state index contributed by atoms with van der Waals surface area (Å²) in [6.07, 6.45) is -0.973. The van der Waals surface area contributed by atoms with E-state index in [4.69, 9.17) is 0 Å². The highest BCUT2D eigenvalue weighted by molar-refractivity contribution is 5.81. The summed E-state index contributed by atoms with van der Waals surface area (Å²) in [7, 11) is 0. The van der Waals surface area contributed by atoms with Gasteiger partial charge < -0.3 is 10.2 Å². The van der Waals surface area contributed by atoms with Crippen LogP contribution in [0, 0.1) is 0 Å². The van der Waals surface area contributed by atoms with Gasteiger partial charge in [0.05, 0.1) is 11.6 Å². The fraction of sp³-hybridized carbons (Fsp3) is 0.625. The largest absolute Gasteiger partial charge is 0.419 e. The molecule has 1 atom stereocenters. The predicted octanol–water partition coefficient (Wildman–Crippen LogP) is 1.89. The van der Waals surface area contributed by atoms with Gasteiger partial charge in [0.1, 0.15) is 5.82 Å². The minimum Gasteiger partial charge on any atom is -0.354 e. The van der Waals surface area contributed by atoms with Crippen molar-refractivity contribution < 1.29 is 18.0 Å². The number of carbonyl (C=O) groups is 1. The van der Waals surface area contributed by atoms with Gasteiger partial charge in [-0.3, -0.25) is 9.69 Å². The molecule has 2 aliphatic rings. The van der Waals surface area contributed by atoms with Crippen molar-refractivity contribution in [3.05, 3.63) is 23.9 Å². The molecule has 0 spiro atoms. The van der Waals surface area contributed by atoms with Gasteiger partial charge in [0.2, 0.25) is 5.91 Å². The molecular weight excluding hydrogens is 321 g/mol. The van der Waals surface area contributed by atoms with Crippen molar-refractivity contribution in [2.45, 2.75) is 38.0 Å². The maximum absolute atomic E-state index is 13.1. The Morgan fingerprint density at radius 3 is 2.54 bits per heavy atom. The van der Waals surface area contributed by atoms with E-state index < -0.39 is 11.7 Å². The van der Waals surface area contributed by atoms with Gasteiger partial charge in [-0.1, -0.05) is 0 Å². The van der Waals surface area contributed by atoms with Crippen molar-refractivity contribution in [1.29, 1.82) is 0 Å². The molecule has 5 nitrogen and oxygen atoms in total. The van der Waals surface area contributed by atoms with E-state index in [9.17, 15) is 18.0 Å². The molecule has 1 aliphatic carbocycles. The van der Waals surface area contributed by atoms with Gasteiger partial charge in [-0.05, 0) is 31.9 Å². The lowest BCUT2D eigenvalue weighted by Crippen LogP contribution is -2.54. The van der Waals surface area contributed by atoms with Crippen LogP contribution >= 0.6 is 0 Å². The average molecular weight is 342 g/mol. The number of carbonyl (C=O) groups excluding carboxylic acids is 1. The second kappa shape index (κ2) is 6.58. The average Bonchev–Trinajstić information content (AvgIpc) is 3.37. The molecule has 1 saturated heterocycles. The Hall–Kier alpha value is -1.83. The molecule has 1 saturated carbocycles. The van der Waals surface area contributed by atoms with Crippen LogP contribution < -0.4 is 10.2 Å². The predicted molar refractivity (Wildman–Crippen MR) is 83.7 cm³/mol. The number of nitrogens with one attached hydrogen (secondary N) is 1. The molecule has 8 heteroatoms. The van der Waals surface area contributed by atoms with Crippen LogP contribution in [-0.2, 0) is 11.0 Å². The maximum Gasteiger partial charge on any atom is 0.419 e. The zero-order chi connectivity index (χ0) is 17.3. The summed E-state index contributed by atoms with van der Waals surface area (Å²) in [5, 5.41) is 2.97. The lowest BCUT2D eigenvalue weighted by molar-refractivity contribution is -0.137. The van der Waals surface area contributed by atoms with E-state index in [0.717, 1.165) is 18.9 Å². The summed E-state index contributed by atoms with van der Waals surface area (Å²) in [6.45, 7) is 3.75. The van der Waals surface area contributed by atoms with Gasteiger partial charge in [-0.2, -0.15) is 13.2 Å². The Kier molecular flexibility index (Phi) is 4.67. The van der Waals surface area contributed by atoms with E-state index in [1.54, 1.807) is 4.90 Å². The number of pyridine rings is 1. The molecular formula is C16H21F3N4O. The standard InChI is InChI=1S/C16H21F3N4O/c1-11(15(24)21-12-4-5-12)22-7-9-23(10-8-22)14-13(16(17,18)19)3-2-6-20-14/h2-3,6,11-12H,4-5,7-10H2,1H3,(H,21,24)/t11-/m1/s1. The third-order valence-corrected chi connectivity index (χ3v) is 4.56. The van der Waals surface area contributed by atoms with Gasteiger partial charge in [-0.15, -0.1) is 0 Å². The highest BCUT2D eigenvalue weighted by Crippen LogP contribution is 2.35. The van der Waals surface area contributed by atoms with Crippen LogP contribution in [0.15, 0.2) is 18.3 Å². The van der Waals surface area contributed by atoms with Gasteiger partial charge in [-0.25, -0.2) is 4.98 Å². The number of amides is 1. The molecule has 24 heavy (non-hydrogen) atoms. The lowest BCUT2D eigenvalue weighted by Gasteiger charge is -2.38. The molecule has 0 bridgehead atoms. The summed E-state index contributed by atoms with van der Waals surface area (Å²) in [4.78, 5) is 19.7. The highest BCUT2D eigenvalue weighted by Gasteiger charge is 2.37. The number of hydrogen-bond acceptors (Lipinski definition) is 4. The Balaban J connectivity index is 1.62. The van der Waals surface area contributed by atoms with Crippen molar-refractivity contribution >= 4 is 11.7 Å². The second-order valence-electron chi connectivity index (χ2n) is 6.35. The fourth-order valence-corrected chi connectivity index (χ4v) is 2.91. The van der Waals surface area contributed by atoms with Crippen LogP contribution in [0.1, 0.15) is 25.3 Å². The molecule has 1 N–H and O–H groups in total. The van der Waals surface area contributed by atoms with Crippen LogP contribution in [0.5, 0.6) is 0 Å². The van der Waals surface area contributed by atoms with Crippen LogP contribution in [0.3, 0.4) is 0 Å². The minimum atomic E-state index is -4.42. The second-order valence-corrected chi connectivity index (χ2v) is 6.35. The molecule has 3 rings (SSSR count). The monoisotopic (exact) mass is 342 g/mol. The van der Waals surface area contributed by atoms with E-state index in [-0.39, 0.29) is 17.8 Å². The Morgan fingerprint density at radius 2 is 1.96 bits per heavy atom. The Labute approximate surface area is 138 Å². The molecule has 132 valence electrons. The number of alkyl halides is 3. The van der Waals surface area contributed by atoms with Crippen LogP contribution in [-0.4, -0.2) is 54.1 Å². The first-order valence-electron chi connectivity index (χ1n) is 8.18. The van der Waals surface area contributed by atoms with Crippen LogP contribution in [0.4, 0.5) is 19.0 Å². The van der Waals surface area contributed by atoms with Crippen LogP contribution in [0.25, 0.3) is 0 Å². The Bertz CT molecular complexity index is 595. The van der Waals surface area contributed by atoms with Gasteiger partial charge in [0.25, 0.3) is 0 Å². The van der Waals surface area contributed by atoms with E-state index in [2.05, 4.69) is 10.3 Å². The molecule has 1 aromatic rings. The number of piperazine rings is 1.